The van der Waals surface area contributed by atoms with E-state index in [2.05, 4.69) is 21.0 Å². The molecule has 0 radical (unpaired) electrons. The van der Waals surface area contributed by atoms with E-state index in [9.17, 15) is 4.79 Å². The van der Waals surface area contributed by atoms with Crippen LogP contribution in [0.5, 0.6) is 0 Å². The fraction of sp³-hybridized carbons (Fsp3) is 0.231. The summed E-state index contributed by atoms with van der Waals surface area (Å²) in [6, 6.07) is 5.84. The van der Waals surface area contributed by atoms with Gasteiger partial charge in [0, 0.05) is 35.3 Å². The second-order valence-electron chi connectivity index (χ2n) is 4.21. The third-order valence-corrected chi connectivity index (χ3v) is 3.90. The van der Waals surface area contributed by atoms with E-state index in [0.29, 0.717) is 6.42 Å². The van der Waals surface area contributed by atoms with Crippen LogP contribution in [0.25, 0.3) is 11.3 Å². The number of aryl methyl sites for hydroxylation is 1. The number of aromatic nitrogens is 2. The molecule has 0 aliphatic heterocycles. The van der Waals surface area contributed by atoms with Gasteiger partial charge in [0.05, 0.1) is 5.69 Å². The molecule has 0 N–H and O–H groups in total. The van der Waals surface area contributed by atoms with Crippen molar-refractivity contribution >= 4 is 21.7 Å². The molecule has 4 heteroatoms. The van der Waals surface area contributed by atoms with Crippen molar-refractivity contribution in [2.45, 2.75) is 12.8 Å². The first-order valence-corrected chi connectivity index (χ1v) is 6.30. The normalized spacial score (nSPS) is 14.1. The van der Waals surface area contributed by atoms with Gasteiger partial charge in [0.15, 0.2) is 5.78 Å². The number of rotatable bonds is 1. The maximum Gasteiger partial charge on any atom is 0.163 e. The predicted octanol–water partition coefficient (Wildman–Crippen LogP) is 2.98. The smallest absolute Gasteiger partial charge is 0.163 e. The van der Waals surface area contributed by atoms with Crippen molar-refractivity contribution in [3.63, 3.8) is 0 Å². The second kappa shape index (κ2) is 3.81. The molecule has 0 fully saturated rings. The monoisotopic (exact) mass is 290 g/mol. The quantitative estimate of drug-likeness (QED) is 0.809. The van der Waals surface area contributed by atoms with Crippen molar-refractivity contribution in [1.29, 1.82) is 0 Å². The summed E-state index contributed by atoms with van der Waals surface area (Å²) in [5.41, 5.74) is 4.16. The average Bonchev–Trinajstić information content (AvgIpc) is 2.87. The summed E-state index contributed by atoms with van der Waals surface area (Å²) in [5, 5.41) is 4.19. The first kappa shape index (κ1) is 10.7. The Morgan fingerprint density at radius 2 is 2.12 bits per heavy atom. The molecule has 1 aliphatic rings. The van der Waals surface area contributed by atoms with Crippen molar-refractivity contribution < 1.29 is 4.79 Å². The molecule has 2 aromatic rings. The number of benzene rings is 1. The zero-order valence-corrected chi connectivity index (χ0v) is 11.0. The third-order valence-electron chi connectivity index (χ3n) is 3.24. The molecular weight excluding hydrogens is 280 g/mol. The van der Waals surface area contributed by atoms with Gasteiger partial charge in [0.1, 0.15) is 0 Å². The highest BCUT2D eigenvalue weighted by Gasteiger charge is 2.25. The summed E-state index contributed by atoms with van der Waals surface area (Å²) >= 11 is 3.57. The summed E-state index contributed by atoms with van der Waals surface area (Å²) in [6.07, 6.45) is 3.22. The van der Waals surface area contributed by atoms with Gasteiger partial charge in [-0.3, -0.25) is 9.48 Å². The number of hydrogen-bond acceptors (Lipinski definition) is 2. The lowest BCUT2D eigenvalue weighted by Gasteiger charge is -2.10. The summed E-state index contributed by atoms with van der Waals surface area (Å²) in [5.74, 6) is 0.246. The predicted molar refractivity (Wildman–Crippen MR) is 69.0 cm³/mol. The molecule has 1 heterocycles. The Balaban J connectivity index is 2.31. The molecule has 0 atom stereocenters. The number of carbonyl (C=O) groups is 1. The third kappa shape index (κ3) is 1.55. The number of ketones is 1. The minimum atomic E-state index is 0.246. The van der Waals surface area contributed by atoms with E-state index in [1.165, 1.54) is 0 Å². The van der Waals surface area contributed by atoms with Crippen molar-refractivity contribution in [3.05, 3.63) is 40.0 Å². The number of nitrogens with zero attached hydrogens (tertiary/aromatic N) is 2. The molecule has 0 amide bonds. The molecule has 0 unspecified atom stereocenters. The van der Waals surface area contributed by atoms with Gasteiger partial charge in [-0.05, 0) is 30.2 Å². The Morgan fingerprint density at radius 3 is 2.82 bits per heavy atom. The largest absolute Gasteiger partial charge is 0.294 e. The molecule has 0 saturated heterocycles. The van der Waals surface area contributed by atoms with E-state index in [1.54, 1.807) is 6.20 Å². The fourth-order valence-corrected chi connectivity index (χ4v) is 2.98. The lowest BCUT2D eigenvalue weighted by Crippen LogP contribution is -1.98. The first-order valence-electron chi connectivity index (χ1n) is 5.51. The number of fused-ring (bicyclic) bond motifs is 1. The Labute approximate surface area is 108 Å². The molecule has 3 nitrogen and oxygen atoms in total. The van der Waals surface area contributed by atoms with Crippen LogP contribution in [-0.4, -0.2) is 15.6 Å². The molecular formula is C13H11BrN2O. The van der Waals surface area contributed by atoms with E-state index >= 15 is 0 Å². The van der Waals surface area contributed by atoms with E-state index in [4.69, 9.17) is 0 Å². The Hall–Kier alpha value is -1.42. The van der Waals surface area contributed by atoms with Crippen LogP contribution in [0.4, 0.5) is 0 Å². The van der Waals surface area contributed by atoms with Gasteiger partial charge in [0.2, 0.25) is 0 Å². The zero-order valence-electron chi connectivity index (χ0n) is 9.40. The van der Waals surface area contributed by atoms with Crippen molar-refractivity contribution in [1.82, 2.24) is 9.78 Å². The van der Waals surface area contributed by atoms with Crippen molar-refractivity contribution in [2.75, 3.05) is 0 Å². The Kier molecular flexibility index (Phi) is 2.40. The van der Waals surface area contributed by atoms with E-state index in [-0.39, 0.29) is 5.78 Å². The maximum atomic E-state index is 11.7. The molecule has 0 spiro atoms. The van der Waals surface area contributed by atoms with Gasteiger partial charge >= 0.3 is 0 Å². The summed E-state index contributed by atoms with van der Waals surface area (Å²) in [7, 11) is 1.91. The first-order chi connectivity index (χ1) is 8.18. The average molecular weight is 291 g/mol. The zero-order chi connectivity index (χ0) is 12.0. The van der Waals surface area contributed by atoms with Gasteiger partial charge in [-0.1, -0.05) is 15.9 Å². The highest BCUT2D eigenvalue weighted by molar-refractivity contribution is 9.10. The summed E-state index contributed by atoms with van der Waals surface area (Å²) in [4.78, 5) is 11.7. The van der Waals surface area contributed by atoms with Gasteiger partial charge in [-0.15, -0.1) is 0 Å². The molecule has 86 valence electrons. The van der Waals surface area contributed by atoms with Crippen LogP contribution in [-0.2, 0) is 13.5 Å². The minimum Gasteiger partial charge on any atom is -0.294 e. The van der Waals surface area contributed by atoms with Crippen LogP contribution in [0, 0.1) is 0 Å². The summed E-state index contributed by atoms with van der Waals surface area (Å²) in [6.45, 7) is 0. The fourth-order valence-electron chi connectivity index (χ4n) is 2.41. The number of halogens is 1. The van der Waals surface area contributed by atoms with Gasteiger partial charge in [-0.2, -0.15) is 5.10 Å². The van der Waals surface area contributed by atoms with Crippen LogP contribution in [0.1, 0.15) is 22.3 Å². The van der Waals surface area contributed by atoms with Gasteiger partial charge in [-0.25, -0.2) is 0 Å². The molecule has 3 rings (SSSR count). The molecule has 17 heavy (non-hydrogen) atoms. The molecule has 1 aromatic heterocycles. The van der Waals surface area contributed by atoms with E-state index < -0.39 is 0 Å². The lowest BCUT2D eigenvalue weighted by atomic mass is 10.0. The molecule has 1 aliphatic carbocycles. The molecule has 0 saturated carbocycles. The second-order valence-corrected chi connectivity index (χ2v) is 5.07. The van der Waals surface area contributed by atoms with Crippen LogP contribution < -0.4 is 0 Å². The number of hydrogen-bond donors (Lipinski definition) is 0. The number of carbonyl (C=O) groups excluding carboxylic acids is 1. The van der Waals surface area contributed by atoms with Crippen molar-refractivity contribution in [2.24, 2.45) is 7.05 Å². The van der Waals surface area contributed by atoms with E-state index in [0.717, 1.165) is 33.3 Å². The Morgan fingerprint density at radius 1 is 1.29 bits per heavy atom. The SMILES string of the molecule is Cn1nccc1-c1c(Br)ccc2c1CCC2=O. The molecule has 0 bridgehead atoms. The number of Topliss-reactive ketones (excluding diaryl/α,β-unsaturated/α-hetero) is 1. The van der Waals surface area contributed by atoms with Crippen LogP contribution in [0.3, 0.4) is 0 Å². The van der Waals surface area contributed by atoms with Gasteiger partial charge in [0.25, 0.3) is 0 Å². The standard InChI is InChI=1S/C13H11BrN2O/c1-16-11(6-7-15-16)13-9-3-5-12(17)8(9)2-4-10(13)14/h2,4,6-7H,3,5H2,1H3. The minimum absolute atomic E-state index is 0.246. The van der Waals surface area contributed by atoms with Gasteiger partial charge < -0.3 is 0 Å². The Bertz CT molecular complexity index is 616. The summed E-state index contributed by atoms with van der Waals surface area (Å²) < 4.78 is 2.86. The highest BCUT2D eigenvalue weighted by Crippen LogP contribution is 2.37. The van der Waals surface area contributed by atoms with Crippen LogP contribution in [0.15, 0.2) is 28.9 Å². The highest BCUT2D eigenvalue weighted by atomic mass is 79.9. The van der Waals surface area contributed by atoms with Crippen molar-refractivity contribution in [3.8, 4) is 11.3 Å². The van der Waals surface area contributed by atoms with E-state index in [1.807, 2.05) is 29.9 Å². The lowest BCUT2D eigenvalue weighted by molar-refractivity contribution is 0.0994. The van der Waals surface area contributed by atoms with Crippen LogP contribution in [0.2, 0.25) is 0 Å². The topological polar surface area (TPSA) is 34.9 Å². The van der Waals surface area contributed by atoms with Crippen LogP contribution >= 0.6 is 15.9 Å². The molecule has 1 aromatic carbocycles. The maximum absolute atomic E-state index is 11.7.